The van der Waals surface area contributed by atoms with Crippen molar-refractivity contribution in [2.75, 3.05) is 13.7 Å². The Kier molecular flexibility index (Phi) is 2.25. The normalized spacial score (nSPS) is 37.9. The lowest BCUT2D eigenvalue weighted by Gasteiger charge is -2.39. The molecule has 0 radical (unpaired) electrons. The molecule has 0 spiro atoms. The number of rotatable bonds is 0. The highest BCUT2D eigenvalue weighted by Crippen LogP contribution is 2.52. The highest BCUT2D eigenvalue weighted by Gasteiger charge is 2.51. The molecule has 1 saturated carbocycles. The Morgan fingerprint density at radius 2 is 2.00 bits per heavy atom. The molecule has 1 amide bonds. The van der Waals surface area contributed by atoms with Gasteiger partial charge in [0.25, 0.3) is 0 Å². The van der Waals surface area contributed by atoms with Gasteiger partial charge < -0.3 is 9.64 Å². The van der Waals surface area contributed by atoms with Gasteiger partial charge >= 0.3 is 6.09 Å². The van der Waals surface area contributed by atoms with E-state index in [9.17, 15) is 4.79 Å². The number of hydrogen-bond donors (Lipinski definition) is 0. The Hall–Kier alpha value is -0.730. The zero-order valence-electron chi connectivity index (χ0n) is 10.2. The van der Waals surface area contributed by atoms with Crippen molar-refractivity contribution >= 4 is 6.09 Å². The second-order valence-electron chi connectivity index (χ2n) is 6.31. The second kappa shape index (κ2) is 3.13. The van der Waals surface area contributed by atoms with Crippen molar-refractivity contribution in [3.63, 3.8) is 0 Å². The Bertz CT molecular complexity index is 287. The average Bonchev–Trinajstić information content (AvgIpc) is 2.33. The molecular weight excluding hydrogens is 190 g/mol. The summed E-state index contributed by atoms with van der Waals surface area (Å²) in [5, 5.41) is 0. The predicted molar refractivity (Wildman–Crippen MR) is 58.6 cm³/mol. The van der Waals surface area contributed by atoms with Gasteiger partial charge in [-0.25, -0.2) is 4.79 Å². The van der Waals surface area contributed by atoms with E-state index in [4.69, 9.17) is 4.74 Å². The molecule has 2 atom stereocenters. The third-order valence-corrected chi connectivity index (χ3v) is 3.82. The van der Waals surface area contributed by atoms with E-state index < -0.39 is 0 Å². The molecule has 0 N–H and O–H groups in total. The predicted octanol–water partition coefficient (Wildman–Crippen LogP) is 2.65. The number of likely N-dealkylation sites (tertiary alicyclic amines) is 1. The summed E-state index contributed by atoms with van der Waals surface area (Å²) in [6.45, 7) is 7.77. The van der Waals surface area contributed by atoms with Crippen molar-refractivity contribution in [1.82, 2.24) is 4.90 Å². The summed E-state index contributed by atoms with van der Waals surface area (Å²) < 4.78 is 4.84. The van der Waals surface area contributed by atoms with Crippen LogP contribution in [0.1, 0.15) is 40.0 Å². The van der Waals surface area contributed by atoms with Crippen molar-refractivity contribution in [3.05, 3.63) is 0 Å². The molecule has 3 nitrogen and oxygen atoms in total. The molecule has 0 aromatic carbocycles. The number of hydrogen-bond acceptors (Lipinski definition) is 2. The SMILES string of the molecule is COC(=O)N1CC2(C)CC1CC(C)(C)C2. The molecule has 1 aliphatic carbocycles. The average molecular weight is 211 g/mol. The molecular formula is C12H21NO2. The summed E-state index contributed by atoms with van der Waals surface area (Å²) in [7, 11) is 1.47. The molecule has 0 aromatic rings. The fraction of sp³-hybridized carbons (Fsp3) is 0.917. The van der Waals surface area contributed by atoms with Crippen LogP contribution in [0.25, 0.3) is 0 Å². The van der Waals surface area contributed by atoms with Crippen LogP contribution in [0.5, 0.6) is 0 Å². The largest absolute Gasteiger partial charge is 0.453 e. The smallest absolute Gasteiger partial charge is 0.409 e. The van der Waals surface area contributed by atoms with E-state index in [1.165, 1.54) is 13.5 Å². The molecule has 3 heteroatoms. The number of fused-ring (bicyclic) bond motifs is 2. The van der Waals surface area contributed by atoms with Gasteiger partial charge in [0.2, 0.25) is 0 Å². The monoisotopic (exact) mass is 211 g/mol. The van der Waals surface area contributed by atoms with Crippen molar-refractivity contribution in [1.29, 1.82) is 0 Å². The van der Waals surface area contributed by atoms with Crippen LogP contribution in [0.4, 0.5) is 4.79 Å². The van der Waals surface area contributed by atoms with Crippen molar-refractivity contribution in [2.45, 2.75) is 46.1 Å². The minimum absolute atomic E-state index is 0.151. The first kappa shape index (κ1) is 10.8. The van der Waals surface area contributed by atoms with Gasteiger partial charge in [0.1, 0.15) is 0 Å². The Morgan fingerprint density at radius 1 is 1.33 bits per heavy atom. The highest BCUT2D eigenvalue weighted by molar-refractivity contribution is 5.68. The maximum absolute atomic E-state index is 11.6. The maximum Gasteiger partial charge on any atom is 0.409 e. The van der Waals surface area contributed by atoms with Gasteiger partial charge in [-0.15, -0.1) is 0 Å². The lowest BCUT2D eigenvalue weighted by atomic mass is 9.65. The van der Waals surface area contributed by atoms with E-state index in [1.807, 2.05) is 4.90 Å². The highest BCUT2D eigenvalue weighted by atomic mass is 16.5. The fourth-order valence-electron chi connectivity index (χ4n) is 3.79. The number of carbonyl (C=O) groups excluding carboxylic acids is 1. The molecule has 0 aromatic heterocycles. The van der Waals surface area contributed by atoms with Crippen molar-refractivity contribution < 1.29 is 9.53 Å². The molecule has 86 valence electrons. The lowest BCUT2D eigenvalue weighted by Crippen LogP contribution is -2.37. The molecule has 2 fully saturated rings. The molecule has 2 bridgehead atoms. The number of ether oxygens (including phenoxy) is 1. The minimum Gasteiger partial charge on any atom is -0.453 e. The van der Waals surface area contributed by atoms with E-state index in [1.54, 1.807) is 0 Å². The maximum atomic E-state index is 11.6. The molecule has 15 heavy (non-hydrogen) atoms. The summed E-state index contributed by atoms with van der Waals surface area (Å²) in [5.41, 5.74) is 0.668. The Morgan fingerprint density at radius 3 is 2.60 bits per heavy atom. The standard InChI is InChI=1S/C12H21NO2/c1-11(2)5-9-6-12(3,7-11)8-13(9)10(14)15-4/h9H,5-8H2,1-4H3. The van der Waals surface area contributed by atoms with Crippen LogP contribution in [0.3, 0.4) is 0 Å². The van der Waals surface area contributed by atoms with Crippen molar-refractivity contribution in [3.8, 4) is 0 Å². The van der Waals surface area contributed by atoms with E-state index in [-0.39, 0.29) is 6.09 Å². The van der Waals surface area contributed by atoms with E-state index in [0.717, 1.165) is 19.4 Å². The second-order valence-corrected chi connectivity index (χ2v) is 6.31. The molecule has 1 heterocycles. The van der Waals surface area contributed by atoms with E-state index >= 15 is 0 Å². The van der Waals surface area contributed by atoms with Gasteiger partial charge in [0, 0.05) is 12.6 Å². The van der Waals surface area contributed by atoms with E-state index in [2.05, 4.69) is 20.8 Å². The lowest BCUT2D eigenvalue weighted by molar-refractivity contribution is 0.106. The van der Waals surface area contributed by atoms with Gasteiger partial charge in [-0.1, -0.05) is 20.8 Å². The quantitative estimate of drug-likeness (QED) is 0.616. The Balaban J connectivity index is 2.20. The fourth-order valence-corrected chi connectivity index (χ4v) is 3.79. The van der Waals surface area contributed by atoms with Gasteiger partial charge in [0.15, 0.2) is 0 Å². The first-order valence-corrected chi connectivity index (χ1v) is 5.70. The molecule has 2 unspecified atom stereocenters. The van der Waals surface area contributed by atoms with Gasteiger partial charge in [-0.2, -0.15) is 0 Å². The Labute approximate surface area is 91.8 Å². The van der Waals surface area contributed by atoms with Crippen LogP contribution in [-0.4, -0.2) is 30.7 Å². The zero-order chi connectivity index (χ0) is 11.3. The summed E-state index contributed by atoms with van der Waals surface area (Å²) in [4.78, 5) is 13.5. The molecule has 1 saturated heterocycles. The van der Waals surface area contributed by atoms with Crippen LogP contribution in [-0.2, 0) is 4.74 Å². The van der Waals surface area contributed by atoms with E-state index in [0.29, 0.717) is 16.9 Å². The van der Waals surface area contributed by atoms with Crippen LogP contribution >= 0.6 is 0 Å². The summed E-state index contributed by atoms with van der Waals surface area (Å²) in [6.07, 6.45) is 3.31. The number of amides is 1. The zero-order valence-corrected chi connectivity index (χ0v) is 10.2. The number of carbonyl (C=O) groups is 1. The van der Waals surface area contributed by atoms with Gasteiger partial charge in [-0.05, 0) is 30.1 Å². The summed E-state index contributed by atoms with van der Waals surface area (Å²) in [6, 6.07) is 0.395. The first-order chi connectivity index (χ1) is 6.85. The molecule has 2 rings (SSSR count). The third kappa shape index (κ3) is 1.84. The van der Waals surface area contributed by atoms with Crippen LogP contribution in [0, 0.1) is 10.8 Å². The first-order valence-electron chi connectivity index (χ1n) is 5.70. The van der Waals surface area contributed by atoms with Gasteiger partial charge in [0.05, 0.1) is 7.11 Å². The van der Waals surface area contributed by atoms with Crippen molar-refractivity contribution in [2.24, 2.45) is 10.8 Å². The summed E-state index contributed by atoms with van der Waals surface area (Å²) >= 11 is 0. The van der Waals surface area contributed by atoms with Crippen LogP contribution in [0.2, 0.25) is 0 Å². The van der Waals surface area contributed by atoms with Crippen LogP contribution < -0.4 is 0 Å². The third-order valence-electron chi connectivity index (χ3n) is 3.82. The molecule has 1 aliphatic heterocycles. The number of nitrogens with zero attached hydrogens (tertiary/aromatic N) is 1. The minimum atomic E-state index is -0.151. The summed E-state index contributed by atoms with van der Waals surface area (Å²) in [5.74, 6) is 0. The molecule has 2 aliphatic rings. The van der Waals surface area contributed by atoms with Gasteiger partial charge in [-0.3, -0.25) is 0 Å². The van der Waals surface area contributed by atoms with Crippen LogP contribution in [0.15, 0.2) is 0 Å². The topological polar surface area (TPSA) is 29.5 Å². The number of methoxy groups -OCH3 is 1.